The summed E-state index contributed by atoms with van der Waals surface area (Å²) in [6, 6.07) is 5.40. The molecule has 6 heteroatoms. The van der Waals surface area contributed by atoms with E-state index in [4.69, 9.17) is 27.9 Å². The molecule has 1 amide bonds. The Labute approximate surface area is 136 Å². The van der Waals surface area contributed by atoms with E-state index in [-0.39, 0.29) is 24.5 Å². The van der Waals surface area contributed by atoms with Crippen molar-refractivity contribution in [2.45, 2.75) is 25.9 Å². The van der Waals surface area contributed by atoms with Gasteiger partial charge < -0.3 is 10.1 Å². The van der Waals surface area contributed by atoms with Gasteiger partial charge in [0.15, 0.2) is 0 Å². The predicted molar refractivity (Wildman–Crippen MR) is 87.0 cm³/mol. The highest BCUT2D eigenvalue weighted by atomic mass is 35.5. The molecule has 0 aromatic heterocycles. The van der Waals surface area contributed by atoms with E-state index in [2.05, 4.69) is 5.32 Å². The number of hydrogen-bond acceptors (Lipinski definition) is 3. The minimum absolute atomic E-state index is 0.00896. The van der Waals surface area contributed by atoms with Crippen molar-refractivity contribution < 1.29 is 9.53 Å². The number of carbonyl (C=O) groups is 1. The fourth-order valence-corrected chi connectivity index (χ4v) is 2.62. The Bertz CT molecular complexity index is 483. The van der Waals surface area contributed by atoms with Gasteiger partial charge in [-0.15, -0.1) is 0 Å². The highest BCUT2D eigenvalue weighted by Gasteiger charge is 2.18. The summed E-state index contributed by atoms with van der Waals surface area (Å²) >= 11 is 12.1. The summed E-state index contributed by atoms with van der Waals surface area (Å²) in [6.07, 6.45) is 0. The molecule has 0 bridgehead atoms. The molecule has 1 rings (SSSR count). The maximum atomic E-state index is 12.0. The average molecular weight is 333 g/mol. The van der Waals surface area contributed by atoms with Gasteiger partial charge in [0, 0.05) is 29.2 Å². The quantitative estimate of drug-likeness (QED) is 0.833. The summed E-state index contributed by atoms with van der Waals surface area (Å²) in [5.74, 6) is -0.0426. The van der Waals surface area contributed by atoms with E-state index in [1.165, 1.54) is 0 Å². The molecule has 1 aromatic carbocycles. The summed E-state index contributed by atoms with van der Waals surface area (Å²) in [6.45, 7) is 4.68. The van der Waals surface area contributed by atoms with Gasteiger partial charge in [-0.1, -0.05) is 29.3 Å². The molecule has 0 heterocycles. The zero-order valence-corrected chi connectivity index (χ0v) is 14.3. The molecule has 0 spiro atoms. The van der Waals surface area contributed by atoms with E-state index in [1.54, 1.807) is 19.2 Å². The van der Waals surface area contributed by atoms with Gasteiger partial charge in [-0.25, -0.2) is 0 Å². The van der Waals surface area contributed by atoms with Crippen molar-refractivity contribution in [2.24, 2.45) is 0 Å². The predicted octanol–water partition coefficient (Wildman–Crippen LogP) is 3.14. The van der Waals surface area contributed by atoms with Crippen LogP contribution in [-0.2, 0) is 9.53 Å². The van der Waals surface area contributed by atoms with Crippen LogP contribution in [0.1, 0.15) is 25.5 Å². The zero-order valence-electron chi connectivity index (χ0n) is 12.8. The minimum atomic E-state index is -0.0426. The second-order valence-corrected chi connectivity index (χ2v) is 6.02. The van der Waals surface area contributed by atoms with E-state index in [0.717, 1.165) is 5.56 Å². The number of halogens is 2. The number of hydrogen-bond donors (Lipinski definition) is 1. The van der Waals surface area contributed by atoms with Crippen molar-refractivity contribution in [1.29, 1.82) is 0 Å². The molecule has 0 fully saturated rings. The molecular formula is C15H22Cl2N2O2. The number of ether oxygens (including phenoxy) is 1. The highest BCUT2D eigenvalue weighted by molar-refractivity contribution is 6.35. The molecule has 0 radical (unpaired) electrons. The molecular weight excluding hydrogens is 311 g/mol. The molecule has 0 saturated carbocycles. The van der Waals surface area contributed by atoms with Crippen LogP contribution in [0.15, 0.2) is 18.2 Å². The van der Waals surface area contributed by atoms with Crippen LogP contribution in [0.5, 0.6) is 0 Å². The molecule has 0 unspecified atom stereocenters. The van der Waals surface area contributed by atoms with E-state index in [1.807, 2.05) is 31.9 Å². The standard InChI is InChI=1S/C15H22Cl2N2O2/c1-10(9-21-4)18-15(20)8-19(3)11(2)13-6-5-12(16)7-14(13)17/h5-7,10-11H,8-9H2,1-4H3,(H,18,20)/t10-,11+/m0/s1. The zero-order chi connectivity index (χ0) is 16.0. The van der Waals surface area contributed by atoms with Crippen molar-refractivity contribution in [1.82, 2.24) is 10.2 Å². The maximum Gasteiger partial charge on any atom is 0.234 e. The normalized spacial score (nSPS) is 14.0. The van der Waals surface area contributed by atoms with Crippen molar-refractivity contribution in [2.75, 3.05) is 27.3 Å². The molecule has 0 aliphatic heterocycles. The van der Waals surface area contributed by atoms with Crippen molar-refractivity contribution in [3.63, 3.8) is 0 Å². The molecule has 0 aliphatic rings. The van der Waals surface area contributed by atoms with Gasteiger partial charge >= 0.3 is 0 Å². The molecule has 4 nitrogen and oxygen atoms in total. The molecule has 2 atom stereocenters. The number of methoxy groups -OCH3 is 1. The van der Waals surface area contributed by atoms with Gasteiger partial charge in [0.05, 0.1) is 13.2 Å². The van der Waals surface area contributed by atoms with Gasteiger partial charge in [0.2, 0.25) is 5.91 Å². The molecule has 0 saturated heterocycles. The topological polar surface area (TPSA) is 41.6 Å². The van der Waals surface area contributed by atoms with Crippen LogP contribution in [0.3, 0.4) is 0 Å². The van der Waals surface area contributed by atoms with Crippen molar-refractivity contribution in [3.8, 4) is 0 Å². The Morgan fingerprint density at radius 1 is 1.38 bits per heavy atom. The average Bonchev–Trinajstić information content (AvgIpc) is 2.37. The summed E-state index contributed by atoms with van der Waals surface area (Å²) in [7, 11) is 3.50. The molecule has 1 N–H and O–H groups in total. The lowest BCUT2D eigenvalue weighted by atomic mass is 10.1. The number of likely N-dealkylation sites (N-methyl/N-ethyl adjacent to an activating group) is 1. The minimum Gasteiger partial charge on any atom is -0.383 e. The van der Waals surface area contributed by atoms with Crippen molar-refractivity contribution in [3.05, 3.63) is 33.8 Å². The van der Waals surface area contributed by atoms with E-state index < -0.39 is 0 Å². The third-order valence-electron chi connectivity index (χ3n) is 3.29. The first-order chi connectivity index (χ1) is 9.85. The Balaban J connectivity index is 2.62. The first-order valence-corrected chi connectivity index (χ1v) is 7.54. The molecule has 1 aromatic rings. The SMILES string of the molecule is COC[C@H](C)NC(=O)CN(C)[C@H](C)c1ccc(Cl)cc1Cl. The number of amides is 1. The largest absolute Gasteiger partial charge is 0.383 e. The lowest BCUT2D eigenvalue weighted by molar-refractivity contribution is -0.123. The van der Waals surface area contributed by atoms with Gasteiger partial charge in [-0.05, 0) is 38.6 Å². The van der Waals surface area contributed by atoms with E-state index in [9.17, 15) is 4.79 Å². The summed E-state index contributed by atoms with van der Waals surface area (Å²) in [5, 5.41) is 4.09. The van der Waals surface area contributed by atoms with Crippen LogP contribution < -0.4 is 5.32 Å². The van der Waals surface area contributed by atoms with Crippen LogP contribution in [0, 0.1) is 0 Å². The maximum absolute atomic E-state index is 12.0. The number of nitrogens with one attached hydrogen (secondary N) is 1. The second-order valence-electron chi connectivity index (χ2n) is 5.18. The lowest BCUT2D eigenvalue weighted by Crippen LogP contribution is -2.42. The first kappa shape index (κ1) is 18.2. The highest BCUT2D eigenvalue weighted by Crippen LogP contribution is 2.28. The number of benzene rings is 1. The molecule has 21 heavy (non-hydrogen) atoms. The summed E-state index contributed by atoms with van der Waals surface area (Å²) in [4.78, 5) is 13.9. The summed E-state index contributed by atoms with van der Waals surface area (Å²) in [5.41, 5.74) is 0.946. The molecule has 118 valence electrons. The van der Waals surface area contributed by atoms with Gasteiger partial charge in [-0.3, -0.25) is 9.69 Å². The van der Waals surface area contributed by atoms with Gasteiger partial charge in [0.25, 0.3) is 0 Å². The first-order valence-electron chi connectivity index (χ1n) is 6.78. The molecule has 0 aliphatic carbocycles. The summed E-state index contributed by atoms with van der Waals surface area (Å²) < 4.78 is 4.99. The third-order valence-corrected chi connectivity index (χ3v) is 3.85. The van der Waals surface area contributed by atoms with Gasteiger partial charge in [-0.2, -0.15) is 0 Å². The fourth-order valence-electron chi connectivity index (χ4n) is 2.05. The van der Waals surface area contributed by atoms with Crippen LogP contribution in [-0.4, -0.2) is 44.2 Å². The smallest absolute Gasteiger partial charge is 0.234 e. The van der Waals surface area contributed by atoms with Gasteiger partial charge in [0.1, 0.15) is 0 Å². The third kappa shape index (κ3) is 5.83. The Hall–Kier alpha value is -0.810. The Morgan fingerprint density at radius 2 is 2.05 bits per heavy atom. The Kier molecular flexibility index (Phi) is 7.46. The monoisotopic (exact) mass is 332 g/mol. The lowest BCUT2D eigenvalue weighted by Gasteiger charge is -2.26. The van der Waals surface area contributed by atoms with Crippen LogP contribution >= 0.6 is 23.2 Å². The van der Waals surface area contributed by atoms with Crippen LogP contribution in [0.25, 0.3) is 0 Å². The van der Waals surface area contributed by atoms with Crippen LogP contribution in [0.4, 0.5) is 0 Å². The van der Waals surface area contributed by atoms with E-state index >= 15 is 0 Å². The number of nitrogens with zero attached hydrogens (tertiary/aromatic N) is 1. The van der Waals surface area contributed by atoms with Crippen LogP contribution in [0.2, 0.25) is 10.0 Å². The number of rotatable bonds is 7. The number of carbonyl (C=O) groups excluding carboxylic acids is 1. The second kappa shape index (κ2) is 8.59. The van der Waals surface area contributed by atoms with E-state index in [0.29, 0.717) is 16.7 Å². The van der Waals surface area contributed by atoms with Crippen molar-refractivity contribution >= 4 is 29.1 Å². The Morgan fingerprint density at radius 3 is 2.62 bits per heavy atom. The fraction of sp³-hybridized carbons (Fsp3) is 0.533.